The van der Waals surface area contributed by atoms with Crippen molar-refractivity contribution in [1.82, 2.24) is 5.32 Å². The Balaban J connectivity index is 1.86. The van der Waals surface area contributed by atoms with Crippen LogP contribution in [-0.4, -0.2) is 16.1 Å². The van der Waals surface area contributed by atoms with Crippen molar-refractivity contribution in [3.63, 3.8) is 0 Å². The minimum Gasteiger partial charge on any atom is -0.388 e. The molecule has 2 N–H and O–H groups in total. The zero-order chi connectivity index (χ0) is 15.9. The van der Waals surface area contributed by atoms with E-state index in [1.807, 2.05) is 43.3 Å². The summed E-state index contributed by atoms with van der Waals surface area (Å²) < 4.78 is 0. The molecule has 2 aromatic rings. The minimum atomic E-state index is -0.520. The maximum atomic E-state index is 10.7. The first-order chi connectivity index (χ1) is 10.6. The number of rotatable bonds is 7. The van der Waals surface area contributed by atoms with E-state index in [0.29, 0.717) is 13.0 Å². The summed E-state index contributed by atoms with van der Waals surface area (Å²) in [6.45, 7) is 2.52. The third-order valence-corrected chi connectivity index (χ3v) is 3.54. The fourth-order valence-corrected chi connectivity index (χ4v) is 2.30. The number of nitro benzene ring substituents is 1. The summed E-state index contributed by atoms with van der Waals surface area (Å²) >= 11 is 0. The van der Waals surface area contributed by atoms with E-state index in [1.165, 1.54) is 6.07 Å². The lowest BCUT2D eigenvalue weighted by Crippen LogP contribution is -2.27. The Labute approximate surface area is 129 Å². The Morgan fingerprint density at radius 2 is 1.91 bits per heavy atom. The lowest BCUT2D eigenvalue weighted by atomic mass is 10.0. The number of hydrogen-bond acceptors (Lipinski definition) is 4. The van der Waals surface area contributed by atoms with Crippen molar-refractivity contribution in [1.29, 1.82) is 0 Å². The van der Waals surface area contributed by atoms with E-state index in [0.717, 1.165) is 11.1 Å². The Morgan fingerprint density at radius 1 is 1.18 bits per heavy atom. The summed E-state index contributed by atoms with van der Waals surface area (Å²) in [4.78, 5) is 10.3. The first kappa shape index (κ1) is 16.1. The van der Waals surface area contributed by atoms with E-state index in [1.54, 1.807) is 12.1 Å². The van der Waals surface area contributed by atoms with Crippen LogP contribution in [0.5, 0.6) is 0 Å². The van der Waals surface area contributed by atoms with Gasteiger partial charge in [-0.15, -0.1) is 0 Å². The summed E-state index contributed by atoms with van der Waals surface area (Å²) in [6.07, 6.45) is 0.0627. The molecule has 0 heterocycles. The fourth-order valence-electron chi connectivity index (χ4n) is 2.30. The second-order valence-electron chi connectivity index (χ2n) is 5.37. The van der Waals surface area contributed by atoms with Gasteiger partial charge in [-0.3, -0.25) is 10.1 Å². The lowest BCUT2D eigenvalue weighted by Gasteiger charge is -2.18. The number of nitrogens with zero attached hydrogens (tertiary/aromatic N) is 1. The Kier molecular flexibility index (Phi) is 5.63. The molecule has 2 unspecified atom stereocenters. The van der Waals surface area contributed by atoms with Crippen LogP contribution in [0.15, 0.2) is 54.6 Å². The van der Waals surface area contributed by atoms with E-state index >= 15 is 0 Å². The van der Waals surface area contributed by atoms with E-state index < -0.39 is 11.0 Å². The molecule has 0 aliphatic rings. The second-order valence-corrected chi connectivity index (χ2v) is 5.37. The molecule has 116 valence electrons. The van der Waals surface area contributed by atoms with Crippen molar-refractivity contribution in [2.45, 2.75) is 32.0 Å². The van der Waals surface area contributed by atoms with Crippen LogP contribution < -0.4 is 5.32 Å². The molecule has 0 amide bonds. The van der Waals surface area contributed by atoms with Gasteiger partial charge < -0.3 is 10.4 Å². The molecule has 0 fully saturated rings. The molecule has 5 nitrogen and oxygen atoms in total. The highest BCUT2D eigenvalue weighted by atomic mass is 16.6. The van der Waals surface area contributed by atoms with E-state index in [4.69, 9.17) is 0 Å². The van der Waals surface area contributed by atoms with Crippen LogP contribution in [0.1, 0.15) is 30.6 Å². The molecule has 5 heteroatoms. The zero-order valence-corrected chi connectivity index (χ0v) is 12.5. The SMILES string of the molecule is CC(CC(O)c1ccccc1)NCc1cccc([N+](=O)[O-])c1. The van der Waals surface area contributed by atoms with Crippen LogP contribution in [0.25, 0.3) is 0 Å². The van der Waals surface area contributed by atoms with Crippen molar-refractivity contribution >= 4 is 5.69 Å². The van der Waals surface area contributed by atoms with Gasteiger partial charge in [-0.2, -0.15) is 0 Å². The minimum absolute atomic E-state index is 0.0921. The number of aliphatic hydroxyl groups is 1. The summed E-state index contributed by atoms with van der Waals surface area (Å²) in [5.74, 6) is 0. The van der Waals surface area contributed by atoms with Gasteiger partial charge in [0.05, 0.1) is 11.0 Å². The quantitative estimate of drug-likeness (QED) is 0.608. The number of nitro groups is 1. The van der Waals surface area contributed by atoms with Crippen LogP contribution >= 0.6 is 0 Å². The molecule has 0 aliphatic carbocycles. The third kappa shape index (κ3) is 4.65. The molecule has 0 saturated heterocycles. The normalized spacial score (nSPS) is 13.5. The lowest BCUT2D eigenvalue weighted by molar-refractivity contribution is -0.384. The third-order valence-electron chi connectivity index (χ3n) is 3.54. The summed E-state index contributed by atoms with van der Waals surface area (Å²) in [7, 11) is 0. The molecule has 22 heavy (non-hydrogen) atoms. The van der Waals surface area contributed by atoms with Gasteiger partial charge in [-0.1, -0.05) is 42.5 Å². The summed E-state index contributed by atoms with van der Waals surface area (Å²) in [5.41, 5.74) is 1.85. The Bertz CT molecular complexity index is 616. The number of nitrogens with one attached hydrogen (secondary N) is 1. The molecule has 0 radical (unpaired) electrons. The average molecular weight is 300 g/mol. The topological polar surface area (TPSA) is 75.4 Å². The first-order valence-corrected chi connectivity index (χ1v) is 7.26. The van der Waals surface area contributed by atoms with Gasteiger partial charge in [0, 0.05) is 24.7 Å². The average Bonchev–Trinajstić information content (AvgIpc) is 2.54. The highest BCUT2D eigenvalue weighted by Gasteiger charge is 2.12. The molecule has 0 saturated carbocycles. The van der Waals surface area contributed by atoms with Gasteiger partial charge in [0.15, 0.2) is 0 Å². The highest BCUT2D eigenvalue weighted by molar-refractivity contribution is 5.34. The van der Waals surface area contributed by atoms with Crippen LogP contribution in [0.4, 0.5) is 5.69 Å². The van der Waals surface area contributed by atoms with E-state index in [2.05, 4.69) is 5.32 Å². The van der Waals surface area contributed by atoms with Crippen molar-refractivity contribution in [3.8, 4) is 0 Å². The van der Waals surface area contributed by atoms with Crippen molar-refractivity contribution in [2.24, 2.45) is 0 Å². The Hall–Kier alpha value is -2.24. The number of benzene rings is 2. The standard InChI is InChI=1S/C17H20N2O3/c1-13(10-17(20)15-7-3-2-4-8-15)18-12-14-6-5-9-16(11-14)19(21)22/h2-9,11,13,17-18,20H,10,12H2,1H3. The number of hydrogen-bond donors (Lipinski definition) is 2. The molecule has 0 bridgehead atoms. The molecule has 0 aromatic heterocycles. The maximum Gasteiger partial charge on any atom is 0.269 e. The van der Waals surface area contributed by atoms with Gasteiger partial charge in [-0.25, -0.2) is 0 Å². The molecule has 0 spiro atoms. The first-order valence-electron chi connectivity index (χ1n) is 7.26. The van der Waals surface area contributed by atoms with Crippen molar-refractivity contribution in [3.05, 3.63) is 75.8 Å². The molecule has 2 rings (SSSR count). The van der Waals surface area contributed by atoms with Gasteiger partial charge >= 0.3 is 0 Å². The van der Waals surface area contributed by atoms with Crippen LogP contribution in [0.2, 0.25) is 0 Å². The molecule has 2 aromatic carbocycles. The summed E-state index contributed by atoms with van der Waals surface area (Å²) in [6, 6.07) is 16.2. The van der Waals surface area contributed by atoms with Gasteiger partial charge in [-0.05, 0) is 24.5 Å². The number of aliphatic hydroxyl groups excluding tert-OH is 1. The van der Waals surface area contributed by atoms with Crippen molar-refractivity contribution < 1.29 is 10.0 Å². The largest absolute Gasteiger partial charge is 0.388 e. The molecule has 2 atom stereocenters. The molecular weight excluding hydrogens is 280 g/mol. The summed E-state index contributed by atoms with van der Waals surface area (Å²) in [5, 5.41) is 24.2. The van der Waals surface area contributed by atoms with E-state index in [-0.39, 0.29) is 11.7 Å². The fraction of sp³-hybridized carbons (Fsp3) is 0.294. The van der Waals surface area contributed by atoms with Crippen LogP contribution in [0.3, 0.4) is 0 Å². The number of non-ortho nitro benzene ring substituents is 1. The smallest absolute Gasteiger partial charge is 0.269 e. The van der Waals surface area contributed by atoms with Gasteiger partial charge in [0.25, 0.3) is 5.69 Å². The zero-order valence-electron chi connectivity index (χ0n) is 12.5. The predicted molar refractivity (Wildman–Crippen MR) is 85.4 cm³/mol. The maximum absolute atomic E-state index is 10.7. The van der Waals surface area contributed by atoms with Gasteiger partial charge in [0.2, 0.25) is 0 Å². The van der Waals surface area contributed by atoms with E-state index in [9.17, 15) is 15.2 Å². The molecular formula is C17H20N2O3. The monoisotopic (exact) mass is 300 g/mol. The molecule has 0 aliphatic heterocycles. The van der Waals surface area contributed by atoms with Crippen LogP contribution in [0, 0.1) is 10.1 Å². The highest BCUT2D eigenvalue weighted by Crippen LogP contribution is 2.18. The second kappa shape index (κ2) is 7.68. The Morgan fingerprint density at radius 3 is 2.59 bits per heavy atom. The predicted octanol–water partition coefficient (Wildman–Crippen LogP) is 3.20. The van der Waals surface area contributed by atoms with Gasteiger partial charge in [0.1, 0.15) is 0 Å². The van der Waals surface area contributed by atoms with Crippen molar-refractivity contribution in [2.75, 3.05) is 0 Å². The van der Waals surface area contributed by atoms with Crippen LogP contribution in [-0.2, 0) is 6.54 Å².